The summed E-state index contributed by atoms with van der Waals surface area (Å²) < 4.78 is 12.7. The summed E-state index contributed by atoms with van der Waals surface area (Å²) in [6.45, 7) is -0.143. The van der Waals surface area contributed by atoms with Crippen molar-refractivity contribution in [2.24, 2.45) is 0 Å². The van der Waals surface area contributed by atoms with Crippen molar-refractivity contribution in [1.82, 2.24) is 9.97 Å². The highest BCUT2D eigenvalue weighted by atomic mass is 19.1. The van der Waals surface area contributed by atoms with Crippen molar-refractivity contribution < 1.29 is 14.3 Å². The summed E-state index contributed by atoms with van der Waals surface area (Å²) in [6, 6.07) is 0.150. The van der Waals surface area contributed by atoms with Crippen LogP contribution in [0.1, 0.15) is 25.7 Å². The number of aromatic nitrogens is 2. The van der Waals surface area contributed by atoms with Crippen molar-refractivity contribution in [2.75, 3.05) is 11.4 Å². The molecular weight excluding hydrogens is 225 g/mol. The molecule has 0 bridgehead atoms. The number of carboxylic acids is 1. The van der Waals surface area contributed by atoms with Crippen LogP contribution in [0.2, 0.25) is 0 Å². The average Bonchev–Trinajstić information content (AvgIpc) is 2.80. The van der Waals surface area contributed by atoms with Crippen molar-refractivity contribution >= 4 is 11.9 Å². The van der Waals surface area contributed by atoms with E-state index in [2.05, 4.69) is 9.97 Å². The van der Waals surface area contributed by atoms with Crippen LogP contribution in [-0.2, 0) is 4.79 Å². The lowest BCUT2D eigenvalue weighted by atomic mass is 10.2. The van der Waals surface area contributed by atoms with E-state index in [-0.39, 0.29) is 12.6 Å². The quantitative estimate of drug-likeness (QED) is 0.861. The maximum absolute atomic E-state index is 12.7. The topological polar surface area (TPSA) is 66.3 Å². The molecule has 1 fully saturated rings. The van der Waals surface area contributed by atoms with E-state index in [0.29, 0.717) is 5.95 Å². The smallest absolute Gasteiger partial charge is 0.323 e. The summed E-state index contributed by atoms with van der Waals surface area (Å²) in [7, 11) is 0. The van der Waals surface area contributed by atoms with Crippen molar-refractivity contribution in [3.8, 4) is 0 Å². The van der Waals surface area contributed by atoms with Gasteiger partial charge in [0.1, 0.15) is 6.54 Å². The minimum atomic E-state index is -0.926. The van der Waals surface area contributed by atoms with Gasteiger partial charge >= 0.3 is 5.97 Å². The Kier molecular flexibility index (Phi) is 3.51. The molecule has 0 radical (unpaired) electrons. The van der Waals surface area contributed by atoms with Crippen LogP contribution in [0.3, 0.4) is 0 Å². The molecule has 1 heterocycles. The largest absolute Gasteiger partial charge is 0.480 e. The number of aliphatic carboxylic acids is 1. The van der Waals surface area contributed by atoms with Crippen LogP contribution < -0.4 is 4.90 Å². The van der Waals surface area contributed by atoms with Gasteiger partial charge < -0.3 is 10.0 Å². The van der Waals surface area contributed by atoms with E-state index in [1.54, 1.807) is 4.90 Å². The standard InChI is InChI=1S/C11H14FN3O2/c12-8-5-13-11(14-6-8)15(7-10(16)17)9-3-1-2-4-9/h5-6,9H,1-4,7H2,(H,16,17). The van der Waals surface area contributed by atoms with Crippen LogP contribution in [0, 0.1) is 5.82 Å². The van der Waals surface area contributed by atoms with Crippen LogP contribution in [0.4, 0.5) is 10.3 Å². The van der Waals surface area contributed by atoms with Gasteiger partial charge in [-0.25, -0.2) is 14.4 Å². The lowest BCUT2D eigenvalue weighted by Gasteiger charge is -2.26. The molecule has 1 aliphatic carbocycles. The van der Waals surface area contributed by atoms with E-state index in [4.69, 9.17) is 5.11 Å². The third-order valence-electron chi connectivity index (χ3n) is 2.93. The van der Waals surface area contributed by atoms with Crippen molar-refractivity contribution in [2.45, 2.75) is 31.7 Å². The molecule has 1 aromatic heterocycles. The van der Waals surface area contributed by atoms with Gasteiger partial charge in [-0.05, 0) is 12.8 Å². The summed E-state index contributed by atoms with van der Waals surface area (Å²) in [5.74, 6) is -1.15. The number of carbonyl (C=O) groups is 1. The van der Waals surface area contributed by atoms with E-state index in [0.717, 1.165) is 38.1 Å². The third-order valence-corrected chi connectivity index (χ3v) is 2.93. The van der Waals surface area contributed by atoms with Gasteiger partial charge in [0.2, 0.25) is 5.95 Å². The van der Waals surface area contributed by atoms with E-state index in [9.17, 15) is 9.18 Å². The van der Waals surface area contributed by atoms with Crippen LogP contribution >= 0.6 is 0 Å². The number of anilines is 1. The molecule has 0 amide bonds. The van der Waals surface area contributed by atoms with Gasteiger partial charge in [0.05, 0.1) is 12.4 Å². The molecule has 1 aromatic rings. The molecule has 0 saturated heterocycles. The molecule has 0 atom stereocenters. The van der Waals surface area contributed by atoms with Crippen molar-refractivity contribution in [1.29, 1.82) is 0 Å². The molecule has 1 aliphatic rings. The Morgan fingerprint density at radius 1 is 1.41 bits per heavy atom. The van der Waals surface area contributed by atoms with Gasteiger partial charge in [-0.1, -0.05) is 12.8 Å². The number of hydrogen-bond donors (Lipinski definition) is 1. The van der Waals surface area contributed by atoms with Crippen molar-refractivity contribution in [3.05, 3.63) is 18.2 Å². The normalized spacial score (nSPS) is 16.1. The average molecular weight is 239 g/mol. The molecule has 17 heavy (non-hydrogen) atoms. The number of rotatable bonds is 4. The van der Waals surface area contributed by atoms with E-state index in [1.165, 1.54) is 0 Å². The Hall–Kier alpha value is -1.72. The maximum Gasteiger partial charge on any atom is 0.323 e. The van der Waals surface area contributed by atoms with Gasteiger partial charge in [0.15, 0.2) is 5.82 Å². The number of nitrogens with zero attached hydrogens (tertiary/aromatic N) is 3. The molecule has 5 nitrogen and oxygen atoms in total. The Labute approximate surface area is 98.3 Å². The van der Waals surface area contributed by atoms with Crippen LogP contribution in [-0.4, -0.2) is 33.6 Å². The first kappa shape index (κ1) is 11.8. The number of carboxylic acid groups (broad SMARTS) is 1. The zero-order chi connectivity index (χ0) is 12.3. The van der Waals surface area contributed by atoms with Gasteiger partial charge in [-0.2, -0.15) is 0 Å². The molecule has 1 N–H and O–H groups in total. The van der Waals surface area contributed by atoms with Crippen LogP contribution in [0.5, 0.6) is 0 Å². The first-order valence-electron chi connectivity index (χ1n) is 5.63. The fourth-order valence-corrected chi connectivity index (χ4v) is 2.18. The van der Waals surface area contributed by atoms with Gasteiger partial charge in [0, 0.05) is 6.04 Å². The van der Waals surface area contributed by atoms with E-state index < -0.39 is 11.8 Å². The Bertz CT molecular complexity index is 390. The molecule has 92 valence electrons. The zero-order valence-electron chi connectivity index (χ0n) is 9.34. The summed E-state index contributed by atoms with van der Waals surface area (Å²) in [6.07, 6.45) is 6.17. The minimum Gasteiger partial charge on any atom is -0.480 e. The summed E-state index contributed by atoms with van der Waals surface area (Å²) in [5, 5.41) is 8.89. The Balaban J connectivity index is 2.19. The van der Waals surface area contributed by atoms with Crippen molar-refractivity contribution in [3.63, 3.8) is 0 Å². The Morgan fingerprint density at radius 3 is 2.53 bits per heavy atom. The summed E-state index contributed by atoms with van der Waals surface area (Å²) in [5.41, 5.74) is 0. The molecule has 0 aromatic carbocycles. The first-order valence-corrected chi connectivity index (χ1v) is 5.63. The SMILES string of the molecule is O=C(O)CN(c1ncc(F)cn1)C1CCCC1. The first-order chi connectivity index (χ1) is 8.16. The molecule has 6 heteroatoms. The second-order valence-electron chi connectivity index (χ2n) is 4.16. The molecule has 0 unspecified atom stereocenters. The molecular formula is C11H14FN3O2. The lowest BCUT2D eigenvalue weighted by Crippen LogP contribution is -2.38. The lowest BCUT2D eigenvalue weighted by molar-refractivity contribution is -0.135. The monoisotopic (exact) mass is 239 g/mol. The highest BCUT2D eigenvalue weighted by molar-refractivity contribution is 5.72. The summed E-state index contributed by atoms with van der Waals surface area (Å²) in [4.78, 5) is 20.2. The third kappa shape index (κ3) is 2.89. The predicted octanol–water partition coefficient (Wildman–Crippen LogP) is 1.45. The van der Waals surface area contributed by atoms with Gasteiger partial charge in [-0.3, -0.25) is 4.79 Å². The van der Waals surface area contributed by atoms with Crippen LogP contribution in [0.15, 0.2) is 12.4 Å². The zero-order valence-corrected chi connectivity index (χ0v) is 9.34. The predicted molar refractivity (Wildman–Crippen MR) is 59.2 cm³/mol. The van der Waals surface area contributed by atoms with E-state index >= 15 is 0 Å². The fourth-order valence-electron chi connectivity index (χ4n) is 2.18. The second-order valence-corrected chi connectivity index (χ2v) is 4.16. The Morgan fingerprint density at radius 2 is 2.00 bits per heavy atom. The second kappa shape index (κ2) is 5.07. The highest BCUT2D eigenvalue weighted by Gasteiger charge is 2.26. The van der Waals surface area contributed by atoms with Gasteiger partial charge in [0.25, 0.3) is 0 Å². The molecule has 2 rings (SSSR count). The highest BCUT2D eigenvalue weighted by Crippen LogP contribution is 2.25. The fraction of sp³-hybridized carbons (Fsp3) is 0.545. The van der Waals surface area contributed by atoms with E-state index in [1.807, 2.05) is 0 Å². The molecule has 0 aliphatic heterocycles. The van der Waals surface area contributed by atoms with Crippen LogP contribution in [0.25, 0.3) is 0 Å². The summed E-state index contributed by atoms with van der Waals surface area (Å²) >= 11 is 0. The maximum atomic E-state index is 12.7. The minimum absolute atomic E-state index is 0.143. The number of hydrogen-bond acceptors (Lipinski definition) is 4. The molecule has 0 spiro atoms. The van der Waals surface area contributed by atoms with Gasteiger partial charge in [-0.15, -0.1) is 0 Å². The number of halogens is 1. The molecule has 1 saturated carbocycles.